The largest absolute Gasteiger partial charge is 0.432 e. The third-order valence-corrected chi connectivity index (χ3v) is 2.12. The van der Waals surface area contributed by atoms with Gasteiger partial charge in [-0.1, -0.05) is 11.6 Å². The number of anilines is 2. The number of nitrogen functional groups attached to an aromatic ring is 1. The van der Waals surface area contributed by atoms with Crippen molar-refractivity contribution in [1.29, 1.82) is 0 Å². The Morgan fingerprint density at radius 3 is 2.67 bits per heavy atom. The third-order valence-electron chi connectivity index (χ3n) is 2.12. The van der Waals surface area contributed by atoms with E-state index in [0.29, 0.717) is 12.2 Å². The Kier molecular flexibility index (Phi) is 4.88. The summed E-state index contributed by atoms with van der Waals surface area (Å²) in [5.74, 6) is -1.44. The van der Waals surface area contributed by atoms with Crippen molar-refractivity contribution in [2.75, 3.05) is 17.6 Å². The second kappa shape index (κ2) is 6.18. The van der Waals surface area contributed by atoms with Crippen LogP contribution in [0.2, 0.25) is 0 Å². The Hall–Kier alpha value is -1.85. The quantitative estimate of drug-likeness (QED) is 0.630. The van der Waals surface area contributed by atoms with Crippen LogP contribution in [0.3, 0.4) is 0 Å². The average molecular weight is 260 g/mol. The summed E-state index contributed by atoms with van der Waals surface area (Å²) in [7, 11) is 0. The maximum Gasteiger partial charge on any atom is 0.387 e. The molecule has 1 aromatic carbocycles. The first-order chi connectivity index (χ1) is 8.40. The van der Waals surface area contributed by atoms with Crippen molar-refractivity contribution in [3.05, 3.63) is 29.6 Å². The molecule has 0 bridgehead atoms. The molecule has 0 atom stereocenters. The summed E-state index contributed by atoms with van der Waals surface area (Å²) in [6.07, 6.45) is 1.89. The summed E-state index contributed by atoms with van der Waals surface area (Å²) in [5, 5.41) is 2.89. The van der Waals surface area contributed by atoms with E-state index < -0.39 is 18.2 Å². The van der Waals surface area contributed by atoms with E-state index in [4.69, 9.17) is 5.73 Å². The minimum Gasteiger partial charge on any atom is -0.432 e. The second-order valence-corrected chi connectivity index (χ2v) is 3.91. The highest BCUT2D eigenvalue weighted by Gasteiger charge is 2.12. The molecule has 0 heterocycles. The van der Waals surface area contributed by atoms with E-state index in [9.17, 15) is 13.2 Å². The SMILES string of the molecule is CC(C)=CCNc1cc(OC(F)F)c(F)cc1N. The molecule has 3 nitrogen and oxygen atoms in total. The van der Waals surface area contributed by atoms with Gasteiger partial charge >= 0.3 is 6.61 Å². The van der Waals surface area contributed by atoms with Gasteiger partial charge in [0.05, 0.1) is 11.4 Å². The summed E-state index contributed by atoms with van der Waals surface area (Å²) < 4.78 is 41.4. The van der Waals surface area contributed by atoms with Crippen molar-refractivity contribution in [3.8, 4) is 5.75 Å². The van der Waals surface area contributed by atoms with Crippen molar-refractivity contribution in [2.24, 2.45) is 0 Å². The van der Waals surface area contributed by atoms with E-state index in [1.807, 2.05) is 19.9 Å². The monoisotopic (exact) mass is 260 g/mol. The molecule has 0 amide bonds. The topological polar surface area (TPSA) is 47.3 Å². The number of benzene rings is 1. The number of ether oxygens (including phenoxy) is 1. The van der Waals surface area contributed by atoms with E-state index in [1.54, 1.807) is 0 Å². The number of rotatable bonds is 5. The van der Waals surface area contributed by atoms with Crippen molar-refractivity contribution in [1.82, 2.24) is 0 Å². The smallest absolute Gasteiger partial charge is 0.387 e. The van der Waals surface area contributed by atoms with E-state index in [2.05, 4.69) is 10.1 Å². The van der Waals surface area contributed by atoms with Gasteiger partial charge in [-0.05, 0) is 13.8 Å². The van der Waals surface area contributed by atoms with Gasteiger partial charge in [-0.15, -0.1) is 0 Å². The standard InChI is InChI=1S/C12H15F3N2O/c1-7(2)3-4-17-10-6-11(18-12(14)15)8(13)5-9(10)16/h3,5-6,12,17H,4,16H2,1-2H3. The minimum absolute atomic E-state index is 0.135. The molecule has 0 aliphatic heterocycles. The van der Waals surface area contributed by atoms with E-state index in [1.165, 1.54) is 0 Å². The minimum atomic E-state index is -3.08. The second-order valence-electron chi connectivity index (χ2n) is 3.91. The number of halogens is 3. The lowest BCUT2D eigenvalue weighted by Crippen LogP contribution is -2.07. The number of nitrogens with two attached hydrogens (primary N) is 1. The molecule has 0 spiro atoms. The molecule has 0 fully saturated rings. The molecule has 1 aromatic rings. The summed E-state index contributed by atoms with van der Waals surface area (Å²) in [5.41, 5.74) is 7.15. The van der Waals surface area contributed by atoms with Crippen LogP contribution in [0.1, 0.15) is 13.8 Å². The zero-order valence-electron chi connectivity index (χ0n) is 10.1. The lowest BCUT2D eigenvalue weighted by Gasteiger charge is -2.12. The average Bonchev–Trinajstić information content (AvgIpc) is 2.23. The van der Waals surface area contributed by atoms with Gasteiger partial charge in [0.25, 0.3) is 0 Å². The van der Waals surface area contributed by atoms with E-state index >= 15 is 0 Å². The number of allylic oxidation sites excluding steroid dienone is 1. The number of hydrogen-bond donors (Lipinski definition) is 2. The van der Waals surface area contributed by atoms with Crippen LogP contribution in [0.25, 0.3) is 0 Å². The van der Waals surface area contributed by atoms with Gasteiger partial charge in [0, 0.05) is 18.7 Å². The summed E-state index contributed by atoms with van der Waals surface area (Å²) in [6.45, 7) is 1.22. The first-order valence-electron chi connectivity index (χ1n) is 5.31. The molecule has 18 heavy (non-hydrogen) atoms. The van der Waals surface area contributed by atoms with Crippen LogP contribution in [0.4, 0.5) is 24.5 Å². The summed E-state index contributed by atoms with van der Waals surface area (Å²) >= 11 is 0. The lowest BCUT2D eigenvalue weighted by atomic mass is 10.2. The normalized spacial score (nSPS) is 10.3. The molecule has 0 unspecified atom stereocenters. The predicted octanol–water partition coefficient (Wildman–Crippen LogP) is 3.39. The van der Waals surface area contributed by atoms with Crippen molar-refractivity contribution in [2.45, 2.75) is 20.5 Å². The van der Waals surface area contributed by atoms with Gasteiger partial charge in [0.2, 0.25) is 0 Å². The highest BCUT2D eigenvalue weighted by molar-refractivity contribution is 5.68. The third kappa shape index (κ3) is 4.20. The molecule has 1 rings (SSSR count). The zero-order chi connectivity index (χ0) is 13.7. The van der Waals surface area contributed by atoms with Gasteiger partial charge in [-0.25, -0.2) is 4.39 Å². The highest BCUT2D eigenvalue weighted by atomic mass is 19.3. The van der Waals surface area contributed by atoms with Crippen LogP contribution in [0, 0.1) is 5.82 Å². The lowest BCUT2D eigenvalue weighted by molar-refractivity contribution is -0.0521. The van der Waals surface area contributed by atoms with Crippen LogP contribution >= 0.6 is 0 Å². The van der Waals surface area contributed by atoms with E-state index in [-0.39, 0.29) is 5.69 Å². The molecule has 0 saturated heterocycles. The Labute approximate surface area is 103 Å². The molecular weight excluding hydrogens is 245 g/mol. The van der Waals surface area contributed by atoms with Crippen LogP contribution in [-0.4, -0.2) is 13.2 Å². The van der Waals surface area contributed by atoms with Crippen LogP contribution in [0.5, 0.6) is 5.75 Å². The number of hydrogen-bond acceptors (Lipinski definition) is 3. The molecule has 0 aliphatic rings. The molecule has 0 aromatic heterocycles. The first kappa shape index (κ1) is 14.2. The summed E-state index contributed by atoms with van der Waals surface area (Å²) in [4.78, 5) is 0. The molecule has 0 saturated carbocycles. The fourth-order valence-corrected chi connectivity index (χ4v) is 1.27. The molecule has 0 radical (unpaired) electrons. The number of nitrogens with one attached hydrogen (secondary N) is 1. The van der Waals surface area contributed by atoms with Crippen LogP contribution in [-0.2, 0) is 0 Å². The zero-order valence-corrected chi connectivity index (χ0v) is 10.1. The van der Waals surface area contributed by atoms with Gasteiger partial charge in [0.1, 0.15) is 0 Å². The molecular formula is C12H15F3N2O. The summed E-state index contributed by atoms with van der Waals surface area (Å²) in [6, 6.07) is 2.07. The van der Waals surface area contributed by atoms with Crippen molar-refractivity contribution in [3.63, 3.8) is 0 Å². The van der Waals surface area contributed by atoms with Gasteiger partial charge < -0.3 is 15.8 Å². The Bertz CT molecular complexity index is 443. The van der Waals surface area contributed by atoms with Crippen molar-refractivity contribution < 1.29 is 17.9 Å². The molecule has 0 aliphatic carbocycles. The van der Waals surface area contributed by atoms with Gasteiger partial charge in [0.15, 0.2) is 11.6 Å². The molecule has 3 N–H and O–H groups in total. The highest BCUT2D eigenvalue weighted by Crippen LogP contribution is 2.29. The first-order valence-corrected chi connectivity index (χ1v) is 5.31. The van der Waals surface area contributed by atoms with Crippen LogP contribution < -0.4 is 15.8 Å². The Morgan fingerprint density at radius 2 is 2.11 bits per heavy atom. The molecule has 100 valence electrons. The fraction of sp³-hybridized carbons (Fsp3) is 0.333. The number of alkyl halides is 2. The van der Waals surface area contributed by atoms with Crippen LogP contribution in [0.15, 0.2) is 23.8 Å². The maximum absolute atomic E-state index is 13.3. The van der Waals surface area contributed by atoms with E-state index in [0.717, 1.165) is 17.7 Å². The van der Waals surface area contributed by atoms with Crippen molar-refractivity contribution >= 4 is 11.4 Å². The van der Waals surface area contributed by atoms with Gasteiger partial charge in [-0.3, -0.25) is 0 Å². The fourth-order valence-electron chi connectivity index (χ4n) is 1.27. The maximum atomic E-state index is 13.3. The van der Waals surface area contributed by atoms with Gasteiger partial charge in [-0.2, -0.15) is 8.78 Å². The Morgan fingerprint density at radius 1 is 1.44 bits per heavy atom. The predicted molar refractivity (Wildman–Crippen MR) is 65.4 cm³/mol. The Balaban J connectivity index is 2.87. The molecule has 6 heteroatoms.